The molecule has 1 amide bonds. The van der Waals surface area contributed by atoms with E-state index in [2.05, 4.69) is 26.6 Å². The van der Waals surface area contributed by atoms with Gasteiger partial charge in [0.25, 0.3) is 0 Å². The van der Waals surface area contributed by atoms with Gasteiger partial charge in [-0.3, -0.25) is 9.36 Å². The summed E-state index contributed by atoms with van der Waals surface area (Å²) in [7, 11) is 1.60. The minimum Gasteiger partial charge on any atom is -0.497 e. The van der Waals surface area contributed by atoms with Crippen molar-refractivity contribution in [1.29, 1.82) is 5.26 Å². The monoisotopic (exact) mass is 397 g/mol. The average molecular weight is 397 g/mol. The molecular formula is C18H19N7O2S. The summed E-state index contributed by atoms with van der Waals surface area (Å²) in [6, 6.07) is 9.57. The van der Waals surface area contributed by atoms with Crippen LogP contribution in [0.25, 0.3) is 5.69 Å². The van der Waals surface area contributed by atoms with Crippen LogP contribution in [-0.2, 0) is 4.79 Å². The number of methoxy groups -OCH3 is 1. The quantitative estimate of drug-likeness (QED) is 0.544. The highest BCUT2D eigenvalue weighted by molar-refractivity contribution is 7.99. The number of aromatic amines is 1. The number of hydrogen-bond acceptors (Lipinski definition) is 7. The Labute approximate surface area is 165 Å². The van der Waals surface area contributed by atoms with Crippen molar-refractivity contribution in [2.75, 3.05) is 23.9 Å². The molecule has 2 aromatic heterocycles. The highest BCUT2D eigenvalue weighted by atomic mass is 32.2. The third kappa shape index (κ3) is 3.79. The highest BCUT2D eigenvalue weighted by Crippen LogP contribution is 2.31. The second-order valence-electron chi connectivity index (χ2n) is 5.92. The van der Waals surface area contributed by atoms with Crippen molar-refractivity contribution in [3.8, 4) is 17.5 Å². The van der Waals surface area contributed by atoms with Crippen LogP contribution in [0, 0.1) is 25.2 Å². The first-order chi connectivity index (χ1) is 13.4. The molecule has 0 aliphatic heterocycles. The number of ether oxygens (including phenoxy) is 1. The molecule has 3 rings (SSSR count). The number of carbonyl (C=O) groups excluding carboxylic acids is 1. The van der Waals surface area contributed by atoms with Crippen molar-refractivity contribution in [3.63, 3.8) is 0 Å². The zero-order valence-electron chi connectivity index (χ0n) is 15.6. The highest BCUT2D eigenvalue weighted by Gasteiger charge is 2.21. The van der Waals surface area contributed by atoms with Gasteiger partial charge >= 0.3 is 0 Å². The van der Waals surface area contributed by atoms with Crippen molar-refractivity contribution >= 4 is 29.4 Å². The Kier molecular flexibility index (Phi) is 5.56. The van der Waals surface area contributed by atoms with Gasteiger partial charge in [0.1, 0.15) is 17.6 Å². The van der Waals surface area contributed by atoms with Gasteiger partial charge in [0, 0.05) is 11.4 Å². The number of nitrogens with zero attached hydrogens (tertiary/aromatic N) is 4. The lowest BCUT2D eigenvalue weighted by Gasteiger charge is -2.13. The van der Waals surface area contributed by atoms with Crippen LogP contribution in [0.5, 0.6) is 5.75 Å². The van der Waals surface area contributed by atoms with Crippen LogP contribution in [0.15, 0.2) is 29.4 Å². The fraction of sp³-hybridized carbons (Fsp3) is 0.222. The Morgan fingerprint density at radius 2 is 2.11 bits per heavy atom. The van der Waals surface area contributed by atoms with Crippen LogP contribution in [-0.4, -0.2) is 38.5 Å². The first kappa shape index (κ1) is 19.3. The molecule has 0 radical (unpaired) electrons. The number of nitrogens with one attached hydrogen (secondary N) is 2. The van der Waals surface area contributed by atoms with Crippen LogP contribution in [0.3, 0.4) is 0 Å². The molecule has 0 atom stereocenters. The predicted octanol–water partition coefficient (Wildman–Crippen LogP) is 2.41. The maximum absolute atomic E-state index is 12.5. The van der Waals surface area contributed by atoms with Crippen molar-refractivity contribution in [3.05, 3.63) is 41.1 Å². The molecule has 0 unspecified atom stereocenters. The second-order valence-corrected chi connectivity index (χ2v) is 6.86. The number of nitrogen functional groups attached to an aromatic ring is 1. The van der Waals surface area contributed by atoms with Crippen molar-refractivity contribution < 1.29 is 9.53 Å². The molecule has 10 heteroatoms. The number of nitrogens with two attached hydrogens (primary N) is 1. The SMILES string of the molecule is COc1ccc(-n2c(C)c(C)c(C#N)c2NC(=O)CSc2n[nH]c(N)n2)cc1. The topological polar surface area (TPSA) is 135 Å². The number of rotatable bonds is 6. The molecule has 3 aromatic rings. The van der Waals surface area contributed by atoms with Gasteiger partial charge in [0.2, 0.25) is 17.0 Å². The van der Waals surface area contributed by atoms with E-state index < -0.39 is 0 Å². The smallest absolute Gasteiger partial charge is 0.236 e. The summed E-state index contributed by atoms with van der Waals surface area (Å²) < 4.78 is 7.05. The molecule has 0 aliphatic carbocycles. The van der Waals surface area contributed by atoms with E-state index in [1.54, 1.807) is 7.11 Å². The molecule has 0 aliphatic rings. The van der Waals surface area contributed by atoms with Gasteiger partial charge in [-0.25, -0.2) is 5.10 Å². The largest absolute Gasteiger partial charge is 0.497 e. The number of H-pyrrole nitrogens is 1. The zero-order chi connectivity index (χ0) is 20.3. The summed E-state index contributed by atoms with van der Waals surface area (Å²) in [5.41, 5.74) is 8.39. The van der Waals surface area contributed by atoms with E-state index in [-0.39, 0.29) is 17.6 Å². The number of carbonyl (C=O) groups is 1. The molecule has 1 aromatic carbocycles. The number of thioether (sulfide) groups is 1. The lowest BCUT2D eigenvalue weighted by molar-refractivity contribution is -0.113. The Bertz CT molecular complexity index is 1050. The number of hydrogen-bond donors (Lipinski definition) is 3. The maximum Gasteiger partial charge on any atom is 0.236 e. The fourth-order valence-corrected chi connectivity index (χ4v) is 3.34. The van der Waals surface area contributed by atoms with E-state index in [9.17, 15) is 10.1 Å². The Balaban J connectivity index is 1.89. The van der Waals surface area contributed by atoms with Crippen LogP contribution in [0.2, 0.25) is 0 Å². The van der Waals surface area contributed by atoms with E-state index in [1.165, 1.54) is 0 Å². The summed E-state index contributed by atoms with van der Waals surface area (Å²) in [5.74, 6) is 1.14. The van der Waals surface area contributed by atoms with E-state index in [0.29, 0.717) is 16.5 Å². The Morgan fingerprint density at radius 3 is 2.68 bits per heavy atom. The molecule has 28 heavy (non-hydrogen) atoms. The van der Waals surface area contributed by atoms with Crippen LogP contribution in [0.4, 0.5) is 11.8 Å². The summed E-state index contributed by atoms with van der Waals surface area (Å²) >= 11 is 1.15. The Morgan fingerprint density at radius 1 is 1.39 bits per heavy atom. The summed E-state index contributed by atoms with van der Waals surface area (Å²) in [5, 5.41) is 19.2. The molecule has 0 fully saturated rings. The van der Waals surface area contributed by atoms with E-state index in [4.69, 9.17) is 10.5 Å². The van der Waals surface area contributed by atoms with Crippen LogP contribution >= 0.6 is 11.8 Å². The normalized spacial score (nSPS) is 10.5. The molecule has 0 saturated heterocycles. The third-order valence-corrected chi connectivity index (χ3v) is 5.08. The number of nitriles is 1. The molecule has 0 bridgehead atoms. The first-order valence-electron chi connectivity index (χ1n) is 8.31. The molecule has 144 valence electrons. The van der Waals surface area contributed by atoms with E-state index >= 15 is 0 Å². The lowest BCUT2D eigenvalue weighted by Crippen LogP contribution is -2.17. The number of anilines is 2. The molecule has 9 nitrogen and oxygen atoms in total. The Hall–Kier alpha value is -3.45. The van der Waals surface area contributed by atoms with Gasteiger partial charge in [-0.2, -0.15) is 10.2 Å². The van der Waals surface area contributed by atoms with Crippen LogP contribution in [0.1, 0.15) is 16.8 Å². The predicted molar refractivity (Wildman–Crippen MR) is 107 cm³/mol. The molecule has 4 N–H and O–H groups in total. The van der Waals surface area contributed by atoms with Gasteiger partial charge in [-0.05, 0) is 43.7 Å². The van der Waals surface area contributed by atoms with Crippen molar-refractivity contribution in [1.82, 2.24) is 19.7 Å². The second kappa shape index (κ2) is 8.06. The number of aromatic nitrogens is 4. The molecule has 2 heterocycles. The van der Waals surface area contributed by atoms with E-state index in [1.807, 2.05) is 42.7 Å². The summed E-state index contributed by atoms with van der Waals surface area (Å²) in [6.07, 6.45) is 0. The maximum atomic E-state index is 12.5. The molecule has 0 saturated carbocycles. The van der Waals surface area contributed by atoms with Gasteiger partial charge < -0.3 is 15.8 Å². The minimum absolute atomic E-state index is 0.0774. The summed E-state index contributed by atoms with van der Waals surface area (Å²) in [6.45, 7) is 3.76. The first-order valence-corrected chi connectivity index (χ1v) is 9.30. The lowest BCUT2D eigenvalue weighted by atomic mass is 10.2. The minimum atomic E-state index is -0.280. The van der Waals surface area contributed by atoms with Gasteiger partial charge in [-0.1, -0.05) is 11.8 Å². The molecular weight excluding hydrogens is 378 g/mol. The van der Waals surface area contributed by atoms with E-state index in [0.717, 1.165) is 34.5 Å². The summed E-state index contributed by atoms with van der Waals surface area (Å²) in [4.78, 5) is 16.4. The van der Waals surface area contributed by atoms with Gasteiger partial charge in [0.15, 0.2) is 0 Å². The number of amides is 1. The van der Waals surface area contributed by atoms with Crippen molar-refractivity contribution in [2.45, 2.75) is 19.0 Å². The van der Waals surface area contributed by atoms with Crippen LogP contribution < -0.4 is 15.8 Å². The van der Waals surface area contributed by atoms with Gasteiger partial charge in [0.05, 0.1) is 18.4 Å². The molecule has 0 spiro atoms. The zero-order valence-corrected chi connectivity index (χ0v) is 16.4. The van der Waals surface area contributed by atoms with Gasteiger partial charge in [-0.15, -0.1) is 5.10 Å². The fourth-order valence-electron chi connectivity index (χ4n) is 2.74. The standard InChI is InChI=1S/C18H19N7O2S/c1-10-11(2)25(12-4-6-13(27-3)7-5-12)16(14(10)8-19)21-15(26)9-28-18-22-17(20)23-24-18/h4-7H,9H2,1-3H3,(H,21,26)(H3,20,22,23,24). The average Bonchev–Trinajstić information content (AvgIpc) is 3.21. The third-order valence-electron chi connectivity index (χ3n) is 4.23. The number of benzene rings is 1. The van der Waals surface area contributed by atoms with Crippen molar-refractivity contribution in [2.24, 2.45) is 0 Å².